The molecule has 2 aromatic rings. The van der Waals surface area contributed by atoms with Crippen LogP contribution in [-0.2, 0) is 6.42 Å². The lowest BCUT2D eigenvalue weighted by Gasteiger charge is -2.22. The number of carbonyl (C=O) groups is 1. The van der Waals surface area contributed by atoms with Crippen LogP contribution in [0.3, 0.4) is 0 Å². The standard InChI is InChI=1S/C18H20N2O2/c21-18(22)16-6-2-1-5-15(16)17-8-7-14(12-20-17)10-13-4-3-9-19-11-13/h1-2,5-8,12-13,19H,3-4,9-11H2,(H,21,22)/t13-/m1/s1. The summed E-state index contributed by atoms with van der Waals surface area (Å²) in [5.74, 6) is -0.248. The highest BCUT2D eigenvalue weighted by molar-refractivity contribution is 5.95. The van der Waals surface area contributed by atoms with Crippen LogP contribution in [0.1, 0.15) is 28.8 Å². The average Bonchev–Trinajstić information content (AvgIpc) is 2.56. The molecule has 0 saturated carbocycles. The molecule has 22 heavy (non-hydrogen) atoms. The van der Waals surface area contributed by atoms with Crippen LogP contribution in [0.4, 0.5) is 0 Å². The second-order valence-electron chi connectivity index (χ2n) is 5.82. The van der Waals surface area contributed by atoms with E-state index in [0.29, 0.717) is 22.7 Å². The number of nitrogens with one attached hydrogen (secondary N) is 1. The maximum absolute atomic E-state index is 11.3. The van der Waals surface area contributed by atoms with Crippen molar-refractivity contribution in [1.82, 2.24) is 10.3 Å². The fourth-order valence-electron chi connectivity index (χ4n) is 3.03. The van der Waals surface area contributed by atoms with Crippen molar-refractivity contribution >= 4 is 5.97 Å². The molecule has 1 aromatic heterocycles. The number of rotatable bonds is 4. The van der Waals surface area contributed by atoms with Crippen LogP contribution in [-0.4, -0.2) is 29.1 Å². The average molecular weight is 296 g/mol. The molecule has 1 aliphatic heterocycles. The van der Waals surface area contributed by atoms with Crippen LogP contribution < -0.4 is 5.32 Å². The summed E-state index contributed by atoms with van der Waals surface area (Å²) in [5, 5.41) is 12.7. The molecule has 114 valence electrons. The van der Waals surface area contributed by atoms with Gasteiger partial charge in [-0.25, -0.2) is 4.79 Å². The molecular weight excluding hydrogens is 276 g/mol. The third-order valence-electron chi connectivity index (χ3n) is 4.18. The molecule has 0 amide bonds. The molecule has 2 heterocycles. The fourth-order valence-corrected chi connectivity index (χ4v) is 3.03. The van der Waals surface area contributed by atoms with E-state index >= 15 is 0 Å². The van der Waals surface area contributed by atoms with E-state index < -0.39 is 5.97 Å². The summed E-state index contributed by atoms with van der Waals surface area (Å²) in [6.07, 6.45) is 5.40. The second kappa shape index (κ2) is 6.71. The Kier molecular flexibility index (Phi) is 4.49. The van der Waals surface area contributed by atoms with Gasteiger partial charge in [0.1, 0.15) is 0 Å². The number of aromatic carboxylic acids is 1. The summed E-state index contributed by atoms with van der Waals surface area (Å²) in [4.78, 5) is 15.8. The molecule has 0 unspecified atom stereocenters. The van der Waals surface area contributed by atoms with E-state index in [1.165, 1.54) is 18.4 Å². The normalized spacial score (nSPS) is 18.1. The highest BCUT2D eigenvalue weighted by atomic mass is 16.4. The number of piperidine rings is 1. The van der Waals surface area contributed by atoms with Crippen molar-refractivity contribution in [2.75, 3.05) is 13.1 Å². The van der Waals surface area contributed by atoms with Gasteiger partial charge in [-0.05, 0) is 56.0 Å². The van der Waals surface area contributed by atoms with Gasteiger partial charge in [-0.2, -0.15) is 0 Å². The van der Waals surface area contributed by atoms with E-state index in [4.69, 9.17) is 0 Å². The van der Waals surface area contributed by atoms with Crippen molar-refractivity contribution in [3.05, 3.63) is 53.7 Å². The Balaban J connectivity index is 1.78. The van der Waals surface area contributed by atoms with Gasteiger partial charge in [0, 0.05) is 11.8 Å². The number of carboxylic acids is 1. The zero-order valence-electron chi connectivity index (χ0n) is 12.5. The monoisotopic (exact) mass is 296 g/mol. The Hall–Kier alpha value is -2.20. The minimum atomic E-state index is -0.922. The Morgan fingerprint density at radius 2 is 2.14 bits per heavy atom. The van der Waals surface area contributed by atoms with Crippen LogP contribution in [0.5, 0.6) is 0 Å². The number of hydrogen-bond donors (Lipinski definition) is 2. The van der Waals surface area contributed by atoms with Crippen molar-refractivity contribution in [3.8, 4) is 11.3 Å². The number of aromatic nitrogens is 1. The molecule has 1 saturated heterocycles. The lowest BCUT2D eigenvalue weighted by Crippen LogP contribution is -2.30. The Morgan fingerprint density at radius 1 is 1.27 bits per heavy atom. The molecule has 0 radical (unpaired) electrons. The molecule has 1 fully saturated rings. The van der Waals surface area contributed by atoms with Crippen molar-refractivity contribution in [2.24, 2.45) is 5.92 Å². The van der Waals surface area contributed by atoms with Crippen LogP contribution >= 0.6 is 0 Å². The molecule has 1 aliphatic rings. The van der Waals surface area contributed by atoms with E-state index in [0.717, 1.165) is 19.5 Å². The van der Waals surface area contributed by atoms with E-state index in [9.17, 15) is 9.90 Å². The van der Waals surface area contributed by atoms with Gasteiger partial charge in [0.15, 0.2) is 0 Å². The van der Waals surface area contributed by atoms with E-state index in [1.54, 1.807) is 18.2 Å². The summed E-state index contributed by atoms with van der Waals surface area (Å²) >= 11 is 0. The van der Waals surface area contributed by atoms with Gasteiger partial charge in [-0.1, -0.05) is 24.3 Å². The lowest BCUT2D eigenvalue weighted by atomic mass is 9.93. The molecule has 3 rings (SSSR count). The maximum Gasteiger partial charge on any atom is 0.336 e. The maximum atomic E-state index is 11.3. The topological polar surface area (TPSA) is 62.2 Å². The van der Waals surface area contributed by atoms with Crippen LogP contribution in [0.25, 0.3) is 11.3 Å². The second-order valence-corrected chi connectivity index (χ2v) is 5.82. The number of hydrogen-bond acceptors (Lipinski definition) is 3. The van der Waals surface area contributed by atoms with Crippen molar-refractivity contribution in [2.45, 2.75) is 19.3 Å². The van der Waals surface area contributed by atoms with Crippen molar-refractivity contribution in [1.29, 1.82) is 0 Å². The predicted molar refractivity (Wildman–Crippen MR) is 85.9 cm³/mol. The van der Waals surface area contributed by atoms with E-state index in [1.807, 2.05) is 18.3 Å². The zero-order valence-corrected chi connectivity index (χ0v) is 12.5. The van der Waals surface area contributed by atoms with Gasteiger partial charge >= 0.3 is 5.97 Å². The van der Waals surface area contributed by atoms with Crippen LogP contribution in [0.2, 0.25) is 0 Å². The molecule has 4 nitrogen and oxygen atoms in total. The molecule has 0 aliphatic carbocycles. The molecule has 1 aromatic carbocycles. The van der Waals surface area contributed by atoms with Crippen molar-refractivity contribution in [3.63, 3.8) is 0 Å². The molecule has 1 atom stereocenters. The number of benzene rings is 1. The predicted octanol–water partition coefficient (Wildman–Crippen LogP) is 2.99. The van der Waals surface area contributed by atoms with Gasteiger partial charge in [0.05, 0.1) is 11.3 Å². The summed E-state index contributed by atoms with van der Waals surface area (Å²) < 4.78 is 0. The first-order valence-electron chi connectivity index (χ1n) is 7.72. The van der Waals surface area contributed by atoms with Gasteiger partial charge in [-0.15, -0.1) is 0 Å². The molecule has 0 spiro atoms. The first kappa shape index (κ1) is 14.7. The minimum Gasteiger partial charge on any atom is -0.478 e. The SMILES string of the molecule is O=C(O)c1ccccc1-c1ccc(C[C@H]2CCCNC2)cn1. The third kappa shape index (κ3) is 3.34. The van der Waals surface area contributed by atoms with Gasteiger partial charge in [-0.3, -0.25) is 4.98 Å². The van der Waals surface area contributed by atoms with Crippen LogP contribution in [0.15, 0.2) is 42.6 Å². The van der Waals surface area contributed by atoms with E-state index in [2.05, 4.69) is 16.4 Å². The smallest absolute Gasteiger partial charge is 0.336 e. The minimum absolute atomic E-state index is 0.291. The molecule has 0 bridgehead atoms. The summed E-state index contributed by atoms with van der Waals surface area (Å²) in [5.41, 5.74) is 2.88. The third-order valence-corrected chi connectivity index (χ3v) is 4.18. The Morgan fingerprint density at radius 3 is 2.82 bits per heavy atom. The largest absolute Gasteiger partial charge is 0.478 e. The fraction of sp³-hybridized carbons (Fsp3) is 0.333. The molecule has 4 heteroatoms. The number of pyridine rings is 1. The first-order chi connectivity index (χ1) is 10.7. The highest BCUT2D eigenvalue weighted by Crippen LogP contribution is 2.23. The Bertz CT molecular complexity index is 646. The molecular formula is C18H20N2O2. The first-order valence-corrected chi connectivity index (χ1v) is 7.72. The summed E-state index contributed by atoms with van der Waals surface area (Å²) in [7, 11) is 0. The van der Waals surface area contributed by atoms with Gasteiger partial charge < -0.3 is 10.4 Å². The lowest BCUT2D eigenvalue weighted by molar-refractivity contribution is 0.0697. The van der Waals surface area contributed by atoms with Crippen molar-refractivity contribution < 1.29 is 9.90 Å². The van der Waals surface area contributed by atoms with Gasteiger partial charge in [0.2, 0.25) is 0 Å². The zero-order chi connectivity index (χ0) is 15.4. The van der Waals surface area contributed by atoms with E-state index in [-0.39, 0.29) is 0 Å². The Labute approximate surface area is 130 Å². The number of nitrogens with zero attached hydrogens (tertiary/aromatic N) is 1. The summed E-state index contributed by atoms with van der Waals surface area (Å²) in [6, 6.07) is 11.0. The number of carboxylic acid groups (broad SMARTS) is 1. The quantitative estimate of drug-likeness (QED) is 0.910. The molecule has 2 N–H and O–H groups in total. The summed E-state index contributed by atoms with van der Waals surface area (Å²) in [6.45, 7) is 2.20. The van der Waals surface area contributed by atoms with Gasteiger partial charge in [0.25, 0.3) is 0 Å². The van der Waals surface area contributed by atoms with Crippen LogP contribution in [0, 0.1) is 5.92 Å². The highest BCUT2D eigenvalue weighted by Gasteiger charge is 2.15.